The van der Waals surface area contributed by atoms with Gasteiger partial charge in [0.25, 0.3) is 0 Å². The molecule has 0 atom stereocenters. The van der Waals surface area contributed by atoms with E-state index in [1.54, 1.807) is 21.3 Å². The molecule has 0 unspecified atom stereocenters. The van der Waals surface area contributed by atoms with E-state index in [1.165, 1.54) is 0 Å². The minimum absolute atomic E-state index is 0.817. The van der Waals surface area contributed by atoms with Crippen molar-refractivity contribution in [2.75, 3.05) is 21.3 Å². The number of aromatic nitrogens is 1. The third-order valence-corrected chi connectivity index (χ3v) is 4.92. The monoisotopic (exact) mass is 385 g/mol. The predicted octanol–water partition coefficient (Wildman–Crippen LogP) is 5.71. The lowest BCUT2D eigenvalue weighted by Crippen LogP contribution is -1.98. The lowest BCUT2D eigenvalue weighted by atomic mass is 10.1. The molecule has 4 heteroatoms. The fourth-order valence-corrected chi connectivity index (χ4v) is 3.42. The number of ether oxygens (including phenoxy) is 3. The molecule has 3 aromatic carbocycles. The van der Waals surface area contributed by atoms with E-state index in [9.17, 15) is 0 Å². The van der Waals surface area contributed by atoms with Crippen molar-refractivity contribution in [3.05, 3.63) is 90.1 Å². The van der Waals surface area contributed by atoms with Crippen LogP contribution in [0.25, 0.3) is 22.7 Å². The Kier molecular flexibility index (Phi) is 5.25. The van der Waals surface area contributed by atoms with Crippen molar-refractivity contribution in [1.29, 1.82) is 0 Å². The highest BCUT2D eigenvalue weighted by Gasteiger charge is 2.11. The maximum atomic E-state index is 5.45. The highest BCUT2D eigenvalue weighted by Crippen LogP contribution is 2.30. The molecule has 0 radical (unpaired) electrons. The van der Waals surface area contributed by atoms with E-state index in [4.69, 9.17) is 14.2 Å². The SMILES string of the molecule is COc1cccc(/C=C(/c2cccc(OC)c2)n2ccc3cc(OC)ccc32)c1. The molecule has 1 heterocycles. The molecule has 0 fully saturated rings. The van der Waals surface area contributed by atoms with Crippen LogP contribution in [-0.2, 0) is 0 Å². The van der Waals surface area contributed by atoms with E-state index < -0.39 is 0 Å². The van der Waals surface area contributed by atoms with E-state index in [2.05, 4.69) is 41.1 Å². The van der Waals surface area contributed by atoms with Crippen molar-refractivity contribution >= 4 is 22.7 Å². The van der Waals surface area contributed by atoms with Gasteiger partial charge in [0.1, 0.15) is 17.2 Å². The standard InChI is InChI=1S/C25H23NO3/c1-27-21-8-4-6-18(14-21)15-25(19-7-5-9-22(16-19)28-2)26-13-12-20-17-23(29-3)10-11-24(20)26/h4-17H,1-3H3/b25-15-. The van der Waals surface area contributed by atoms with Gasteiger partial charge in [0, 0.05) is 17.1 Å². The molecular weight excluding hydrogens is 362 g/mol. The fraction of sp³-hybridized carbons (Fsp3) is 0.120. The summed E-state index contributed by atoms with van der Waals surface area (Å²) in [5, 5.41) is 1.11. The van der Waals surface area contributed by atoms with Gasteiger partial charge in [-0.3, -0.25) is 0 Å². The lowest BCUT2D eigenvalue weighted by Gasteiger charge is -2.14. The van der Waals surface area contributed by atoms with Gasteiger partial charge in [-0.1, -0.05) is 24.3 Å². The van der Waals surface area contributed by atoms with Gasteiger partial charge in [-0.25, -0.2) is 0 Å². The van der Waals surface area contributed by atoms with Gasteiger partial charge in [0.2, 0.25) is 0 Å². The van der Waals surface area contributed by atoms with E-state index in [1.807, 2.05) is 48.5 Å². The second-order valence-corrected chi connectivity index (χ2v) is 6.65. The summed E-state index contributed by atoms with van der Waals surface area (Å²) in [6.07, 6.45) is 4.23. The molecule has 1 aromatic heterocycles. The molecule has 0 saturated heterocycles. The normalized spacial score (nSPS) is 11.5. The van der Waals surface area contributed by atoms with Crippen molar-refractivity contribution in [2.24, 2.45) is 0 Å². The molecule has 29 heavy (non-hydrogen) atoms. The van der Waals surface area contributed by atoms with Gasteiger partial charge in [-0.15, -0.1) is 0 Å². The first-order chi connectivity index (χ1) is 14.2. The quantitative estimate of drug-likeness (QED) is 0.398. The third kappa shape index (κ3) is 3.83. The number of hydrogen-bond acceptors (Lipinski definition) is 3. The lowest BCUT2D eigenvalue weighted by molar-refractivity contribution is 0.414. The van der Waals surface area contributed by atoms with Crippen LogP contribution < -0.4 is 14.2 Å². The molecule has 4 nitrogen and oxygen atoms in total. The summed E-state index contributed by atoms with van der Waals surface area (Å²) in [5.41, 5.74) is 4.25. The molecule has 0 aliphatic rings. The fourth-order valence-electron chi connectivity index (χ4n) is 3.42. The zero-order chi connectivity index (χ0) is 20.2. The van der Waals surface area contributed by atoms with Crippen LogP contribution in [0.2, 0.25) is 0 Å². The molecule has 0 saturated carbocycles. The summed E-state index contributed by atoms with van der Waals surface area (Å²) < 4.78 is 18.4. The van der Waals surface area contributed by atoms with Crippen molar-refractivity contribution in [3.8, 4) is 17.2 Å². The third-order valence-electron chi connectivity index (χ3n) is 4.92. The molecule has 0 amide bonds. The number of hydrogen-bond donors (Lipinski definition) is 0. The number of methoxy groups -OCH3 is 3. The van der Waals surface area contributed by atoms with Crippen LogP contribution in [0.15, 0.2) is 79.0 Å². The number of fused-ring (bicyclic) bond motifs is 1. The molecule has 0 spiro atoms. The summed E-state index contributed by atoms with van der Waals surface area (Å²) >= 11 is 0. The summed E-state index contributed by atoms with van der Waals surface area (Å²) in [6, 6.07) is 24.3. The summed E-state index contributed by atoms with van der Waals surface area (Å²) in [4.78, 5) is 0. The number of benzene rings is 3. The van der Waals surface area contributed by atoms with Crippen molar-refractivity contribution in [3.63, 3.8) is 0 Å². The van der Waals surface area contributed by atoms with Crippen LogP contribution in [0.1, 0.15) is 11.1 Å². The van der Waals surface area contributed by atoms with E-state index >= 15 is 0 Å². The summed E-state index contributed by atoms with van der Waals surface area (Å²) in [5.74, 6) is 2.48. The maximum Gasteiger partial charge on any atom is 0.119 e. The predicted molar refractivity (Wildman–Crippen MR) is 118 cm³/mol. The highest BCUT2D eigenvalue weighted by molar-refractivity contribution is 5.91. The smallest absolute Gasteiger partial charge is 0.119 e. The molecule has 0 aliphatic heterocycles. The molecular formula is C25H23NO3. The first-order valence-corrected chi connectivity index (χ1v) is 9.37. The van der Waals surface area contributed by atoms with Crippen LogP contribution in [0.4, 0.5) is 0 Å². The van der Waals surface area contributed by atoms with Gasteiger partial charge in [-0.05, 0) is 60.2 Å². The Morgan fingerprint density at radius 3 is 2.17 bits per heavy atom. The second-order valence-electron chi connectivity index (χ2n) is 6.65. The Bertz CT molecular complexity index is 1170. The molecule has 146 valence electrons. The van der Waals surface area contributed by atoms with Gasteiger partial charge in [0.15, 0.2) is 0 Å². The largest absolute Gasteiger partial charge is 0.497 e. The van der Waals surface area contributed by atoms with Gasteiger partial charge in [0.05, 0.1) is 32.5 Å². The first kappa shape index (κ1) is 18.7. The van der Waals surface area contributed by atoms with E-state index in [-0.39, 0.29) is 0 Å². The van der Waals surface area contributed by atoms with Gasteiger partial charge in [-0.2, -0.15) is 0 Å². The summed E-state index contributed by atoms with van der Waals surface area (Å²) in [7, 11) is 5.04. The zero-order valence-corrected chi connectivity index (χ0v) is 16.8. The Hall–Kier alpha value is -3.66. The van der Waals surface area contributed by atoms with E-state index in [0.29, 0.717) is 0 Å². The van der Waals surface area contributed by atoms with Crippen molar-refractivity contribution < 1.29 is 14.2 Å². The second kappa shape index (κ2) is 8.15. The Morgan fingerprint density at radius 1 is 0.724 bits per heavy atom. The van der Waals surface area contributed by atoms with Crippen LogP contribution in [-0.4, -0.2) is 25.9 Å². The Labute approximate surface area is 170 Å². The van der Waals surface area contributed by atoms with Crippen LogP contribution in [0.3, 0.4) is 0 Å². The average Bonchev–Trinajstić information content (AvgIpc) is 3.20. The maximum absolute atomic E-state index is 5.45. The molecule has 0 N–H and O–H groups in total. The van der Waals surface area contributed by atoms with E-state index in [0.717, 1.165) is 45.0 Å². The topological polar surface area (TPSA) is 32.6 Å². The van der Waals surface area contributed by atoms with Crippen molar-refractivity contribution in [1.82, 2.24) is 4.57 Å². The zero-order valence-electron chi connectivity index (χ0n) is 16.8. The molecule has 0 aliphatic carbocycles. The molecule has 4 aromatic rings. The summed E-state index contributed by atoms with van der Waals surface area (Å²) in [6.45, 7) is 0. The minimum atomic E-state index is 0.817. The number of nitrogens with zero attached hydrogens (tertiary/aromatic N) is 1. The Balaban J connectivity index is 1.91. The van der Waals surface area contributed by atoms with Crippen LogP contribution in [0, 0.1) is 0 Å². The molecule has 4 rings (SSSR count). The van der Waals surface area contributed by atoms with Crippen molar-refractivity contribution in [2.45, 2.75) is 0 Å². The Morgan fingerprint density at radius 2 is 1.41 bits per heavy atom. The van der Waals surface area contributed by atoms with Gasteiger partial charge < -0.3 is 18.8 Å². The minimum Gasteiger partial charge on any atom is -0.497 e. The van der Waals surface area contributed by atoms with Crippen LogP contribution >= 0.6 is 0 Å². The highest BCUT2D eigenvalue weighted by atomic mass is 16.5. The molecule has 0 bridgehead atoms. The van der Waals surface area contributed by atoms with Crippen LogP contribution in [0.5, 0.6) is 17.2 Å². The number of rotatable bonds is 6. The average molecular weight is 385 g/mol. The first-order valence-electron chi connectivity index (χ1n) is 9.37. The van der Waals surface area contributed by atoms with Gasteiger partial charge >= 0.3 is 0 Å².